The Bertz CT molecular complexity index is 2470. The molecule has 0 amide bonds. The van der Waals surface area contributed by atoms with Crippen molar-refractivity contribution in [2.45, 2.75) is 73.0 Å². The first-order chi connectivity index (χ1) is 27.7. The molecule has 58 heavy (non-hydrogen) atoms. The minimum atomic E-state index is -0.296. The predicted molar refractivity (Wildman–Crippen MR) is 227 cm³/mol. The lowest BCUT2D eigenvalue weighted by Gasteiger charge is -2.28. The lowest BCUT2D eigenvalue weighted by atomic mass is 10.1. The molecule has 0 radical (unpaired) electrons. The summed E-state index contributed by atoms with van der Waals surface area (Å²) in [5.41, 5.74) is 5.89. The molecule has 1 fully saturated rings. The lowest BCUT2D eigenvalue weighted by molar-refractivity contribution is 0.122. The molecule has 3 N–H and O–H groups in total. The van der Waals surface area contributed by atoms with Crippen LogP contribution in [0.2, 0.25) is 0 Å². The average molecular weight is 797 g/mol. The molecule has 7 rings (SSSR count). The minimum absolute atomic E-state index is 0.0229. The Morgan fingerprint density at radius 2 is 1.55 bits per heavy atom. The molecule has 310 valence electrons. The van der Waals surface area contributed by atoms with E-state index in [4.69, 9.17) is 14.2 Å². The standard InChI is InChI=1S/C22H31N5O3.C20H25N5O3/c1-6-7-10-27(11-12-28)18-13-17(25-26(5)22(18)29)21-20-15(4)19(30-14(2)3)9-8-16(20)23-24-21;1-20(2,3)28-13-5-6-15-14(11-13)18(22-21-15)16-12-17(19(26)24(4)23-16)25-7-9-27-10-8-25/h8-9,13-14,28H,6-7,10-12H2,1-5H3,(H,23,24);5-6,11-12H,7-10H2,1-4H3,(H,21,22). The van der Waals surface area contributed by atoms with Crippen molar-refractivity contribution < 1.29 is 19.3 Å². The van der Waals surface area contributed by atoms with Crippen molar-refractivity contribution in [2.75, 3.05) is 55.8 Å². The maximum Gasteiger partial charge on any atom is 0.290 e. The number of aliphatic hydroxyl groups is 1. The molecule has 4 aromatic heterocycles. The second-order valence-corrected chi connectivity index (χ2v) is 15.7. The predicted octanol–water partition coefficient (Wildman–Crippen LogP) is 5.36. The van der Waals surface area contributed by atoms with Gasteiger partial charge in [-0.05, 0) is 90.4 Å². The number of aliphatic hydroxyl groups excluding tert-OH is 1. The highest BCUT2D eigenvalue weighted by Crippen LogP contribution is 2.34. The highest BCUT2D eigenvalue weighted by molar-refractivity contribution is 5.96. The van der Waals surface area contributed by atoms with Crippen molar-refractivity contribution in [2.24, 2.45) is 14.1 Å². The van der Waals surface area contributed by atoms with E-state index in [1.54, 1.807) is 20.2 Å². The first-order valence-corrected chi connectivity index (χ1v) is 19.9. The van der Waals surface area contributed by atoms with Crippen molar-refractivity contribution >= 4 is 33.2 Å². The van der Waals surface area contributed by atoms with E-state index in [0.29, 0.717) is 73.5 Å². The van der Waals surface area contributed by atoms with Crippen LogP contribution >= 0.6 is 0 Å². The molecule has 1 aliphatic rings. The van der Waals surface area contributed by atoms with Gasteiger partial charge in [0, 0.05) is 56.6 Å². The van der Waals surface area contributed by atoms with E-state index < -0.39 is 0 Å². The topological polar surface area (TPSA) is 182 Å². The van der Waals surface area contributed by atoms with Gasteiger partial charge in [0.2, 0.25) is 0 Å². The average Bonchev–Trinajstić information content (AvgIpc) is 3.81. The number of hydrogen-bond acceptors (Lipinski definition) is 12. The number of ether oxygens (including phenoxy) is 3. The zero-order valence-corrected chi connectivity index (χ0v) is 35.0. The van der Waals surface area contributed by atoms with Gasteiger partial charge in [0.1, 0.15) is 51.3 Å². The molecule has 1 saturated heterocycles. The number of benzene rings is 2. The van der Waals surface area contributed by atoms with Crippen molar-refractivity contribution in [3.05, 3.63) is 68.7 Å². The number of nitrogens with zero attached hydrogens (tertiary/aromatic N) is 8. The van der Waals surface area contributed by atoms with Crippen LogP contribution in [0.3, 0.4) is 0 Å². The third-order valence-corrected chi connectivity index (χ3v) is 9.68. The summed E-state index contributed by atoms with van der Waals surface area (Å²) in [6.07, 6.45) is 1.99. The van der Waals surface area contributed by atoms with Crippen molar-refractivity contribution in [3.8, 4) is 34.3 Å². The Labute approximate surface area is 337 Å². The second-order valence-electron chi connectivity index (χ2n) is 15.7. The highest BCUT2D eigenvalue weighted by atomic mass is 16.5. The lowest BCUT2D eigenvalue weighted by Crippen LogP contribution is -2.40. The van der Waals surface area contributed by atoms with Gasteiger partial charge < -0.3 is 29.1 Å². The monoisotopic (exact) mass is 796 g/mol. The molecule has 0 atom stereocenters. The molecule has 16 nitrogen and oxygen atoms in total. The maximum atomic E-state index is 12.8. The van der Waals surface area contributed by atoms with Gasteiger partial charge in [-0.15, -0.1) is 0 Å². The summed E-state index contributed by atoms with van der Waals surface area (Å²) in [5, 5.41) is 35.3. The smallest absolute Gasteiger partial charge is 0.290 e. The Hall–Kier alpha value is -5.74. The molecule has 0 bridgehead atoms. The Morgan fingerprint density at radius 3 is 2.22 bits per heavy atom. The second kappa shape index (κ2) is 17.8. The van der Waals surface area contributed by atoms with Crippen LogP contribution in [-0.4, -0.2) is 103 Å². The van der Waals surface area contributed by atoms with Gasteiger partial charge in [-0.2, -0.15) is 20.4 Å². The molecule has 2 aromatic carbocycles. The van der Waals surface area contributed by atoms with E-state index >= 15 is 0 Å². The number of aromatic nitrogens is 8. The third kappa shape index (κ3) is 9.34. The summed E-state index contributed by atoms with van der Waals surface area (Å²) >= 11 is 0. The zero-order chi connectivity index (χ0) is 41.7. The summed E-state index contributed by atoms with van der Waals surface area (Å²) in [6, 6.07) is 13.3. The van der Waals surface area contributed by atoms with Gasteiger partial charge in [0.05, 0.1) is 37.0 Å². The van der Waals surface area contributed by atoms with E-state index in [1.165, 1.54) is 9.36 Å². The van der Waals surface area contributed by atoms with Gasteiger partial charge in [0.15, 0.2) is 0 Å². The Kier molecular flexibility index (Phi) is 12.9. The molecule has 16 heteroatoms. The Morgan fingerprint density at radius 1 is 0.897 bits per heavy atom. The number of rotatable bonds is 12. The zero-order valence-electron chi connectivity index (χ0n) is 35.0. The number of morpholine rings is 1. The van der Waals surface area contributed by atoms with E-state index in [-0.39, 0.29) is 29.4 Å². The first-order valence-electron chi connectivity index (χ1n) is 19.9. The van der Waals surface area contributed by atoms with E-state index in [9.17, 15) is 14.7 Å². The molecule has 1 aliphatic heterocycles. The maximum absolute atomic E-state index is 12.8. The number of fused-ring (bicyclic) bond motifs is 2. The van der Waals surface area contributed by atoms with Crippen LogP contribution in [0.25, 0.3) is 44.6 Å². The van der Waals surface area contributed by atoms with E-state index in [0.717, 1.165) is 51.7 Å². The number of nitrogens with one attached hydrogen (secondary N) is 2. The number of anilines is 2. The van der Waals surface area contributed by atoms with Crippen LogP contribution in [0.1, 0.15) is 59.9 Å². The van der Waals surface area contributed by atoms with Crippen LogP contribution in [0, 0.1) is 6.92 Å². The first kappa shape index (κ1) is 41.9. The van der Waals surface area contributed by atoms with E-state index in [1.807, 2.05) is 87.7 Å². The highest BCUT2D eigenvalue weighted by Gasteiger charge is 2.22. The SMILES string of the molecule is CCCCN(CCO)c1cc(-c2n[nH]c3ccc(OC(C)C)c(C)c23)nn(C)c1=O.Cn1nc(-c2n[nH]c3ccc(OC(C)(C)C)cc23)cc(N2CCOCC2)c1=O. The molecular weight excluding hydrogens is 741 g/mol. The van der Waals surface area contributed by atoms with Crippen LogP contribution in [0.4, 0.5) is 11.4 Å². The molecule has 5 heterocycles. The van der Waals surface area contributed by atoms with Crippen molar-refractivity contribution in [3.63, 3.8) is 0 Å². The molecule has 0 aliphatic carbocycles. The molecule has 0 unspecified atom stereocenters. The summed E-state index contributed by atoms with van der Waals surface area (Å²) in [7, 11) is 3.31. The van der Waals surface area contributed by atoms with Crippen LogP contribution in [0.5, 0.6) is 11.5 Å². The van der Waals surface area contributed by atoms with Crippen LogP contribution < -0.4 is 30.4 Å². The number of hydrogen-bond donors (Lipinski definition) is 3. The summed E-state index contributed by atoms with van der Waals surface area (Å²) < 4.78 is 20.1. The van der Waals surface area contributed by atoms with Crippen molar-refractivity contribution in [1.29, 1.82) is 0 Å². The fourth-order valence-corrected chi connectivity index (χ4v) is 6.93. The minimum Gasteiger partial charge on any atom is -0.491 e. The van der Waals surface area contributed by atoms with E-state index in [2.05, 4.69) is 37.5 Å². The third-order valence-electron chi connectivity index (χ3n) is 9.68. The Balaban J connectivity index is 0.000000196. The fourth-order valence-electron chi connectivity index (χ4n) is 6.93. The molecule has 0 spiro atoms. The van der Waals surface area contributed by atoms with Crippen LogP contribution in [-0.2, 0) is 18.8 Å². The number of aryl methyl sites for hydroxylation is 3. The summed E-state index contributed by atoms with van der Waals surface area (Å²) in [5.74, 6) is 1.57. The fraction of sp³-hybridized carbons (Fsp3) is 0.476. The largest absolute Gasteiger partial charge is 0.491 e. The molecular formula is C42H56N10O6. The summed E-state index contributed by atoms with van der Waals surface area (Å²) in [6.45, 7) is 17.8. The number of H-pyrrole nitrogens is 2. The van der Waals surface area contributed by atoms with Gasteiger partial charge in [0.25, 0.3) is 11.1 Å². The number of unbranched alkanes of at least 4 members (excludes halogenated alkanes) is 1. The quantitative estimate of drug-likeness (QED) is 0.145. The number of aromatic amines is 2. The van der Waals surface area contributed by atoms with Crippen molar-refractivity contribution in [1.82, 2.24) is 40.0 Å². The molecule has 6 aromatic rings. The normalized spacial score (nSPS) is 13.3. The molecule has 0 saturated carbocycles. The summed E-state index contributed by atoms with van der Waals surface area (Å²) in [4.78, 5) is 29.4. The van der Waals surface area contributed by atoms with Crippen LogP contribution in [0.15, 0.2) is 52.1 Å². The van der Waals surface area contributed by atoms with Gasteiger partial charge in [-0.3, -0.25) is 19.8 Å². The van der Waals surface area contributed by atoms with Gasteiger partial charge in [-0.1, -0.05) is 13.3 Å². The van der Waals surface area contributed by atoms with Gasteiger partial charge >= 0.3 is 0 Å². The van der Waals surface area contributed by atoms with Gasteiger partial charge in [-0.25, -0.2) is 9.36 Å².